The SMILES string of the molecule is Fc1ccc(-c2[nH]ncc2C=Cc2nc3ccccc3s2)cc1. The lowest BCUT2D eigenvalue weighted by Gasteiger charge is -1.99. The van der Waals surface area contributed by atoms with Crippen molar-refractivity contribution < 1.29 is 4.39 Å². The van der Waals surface area contributed by atoms with Crippen LogP contribution >= 0.6 is 11.3 Å². The molecule has 0 amide bonds. The van der Waals surface area contributed by atoms with Crippen LogP contribution in [-0.2, 0) is 0 Å². The third-order valence-corrected chi connectivity index (χ3v) is 4.52. The first-order valence-electron chi connectivity index (χ1n) is 7.12. The zero-order valence-corrected chi connectivity index (χ0v) is 12.8. The van der Waals surface area contributed by atoms with Gasteiger partial charge < -0.3 is 0 Å². The predicted molar refractivity (Wildman–Crippen MR) is 92.5 cm³/mol. The molecule has 3 nitrogen and oxygen atoms in total. The molecule has 1 N–H and O–H groups in total. The van der Waals surface area contributed by atoms with E-state index >= 15 is 0 Å². The third-order valence-electron chi connectivity index (χ3n) is 3.52. The number of H-pyrrole nitrogens is 1. The molecule has 0 atom stereocenters. The van der Waals surface area contributed by atoms with Gasteiger partial charge in [0.25, 0.3) is 0 Å². The molecule has 0 bridgehead atoms. The van der Waals surface area contributed by atoms with Crippen molar-refractivity contribution >= 4 is 33.7 Å². The van der Waals surface area contributed by atoms with Crippen molar-refractivity contribution in [3.63, 3.8) is 0 Å². The van der Waals surface area contributed by atoms with E-state index in [-0.39, 0.29) is 5.82 Å². The number of nitrogens with zero attached hydrogens (tertiary/aromatic N) is 2. The maximum absolute atomic E-state index is 13.1. The molecule has 112 valence electrons. The fraction of sp³-hybridized carbons (Fsp3) is 0. The van der Waals surface area contributed by atoms with Crippen LogP contribution in [0, 0.1) is 5.82 Å². The van der Waals surface area contributed by atoms with Crippen LogP contribution < -0.4 is 0 Å². The average Bonchev–Trinajstić information content (AvgIpc) is 3.19. The van der Waals surface area contributed by atoms with Crippen molar-refractivity contribution in [2.45, 2.75) is 0 Å². The Morgan fingerprint density at radius 2 is 1.83 bits per heavy atom. The van der Waals surface area contributed by atoms with Crippen LogP contribution in [0.5, 0.6) is 0 Å². The Hall–Kier alpha value is -2.79. The summed E-state index contributed by atoms with van der Waals surface area (Å²) in [5.74, 6) is -0.250. The summed E-state index contributed by atoms with van der Waals surface area (Å²) < 4.78 is 14.2. The highest BCUT2D eigenvalue weighted by atomic mass is 32.1. The van der Waals surface area contributed by atoms with Crippen molar-refractivity contribution in [3.05, 3.63) is 71.1 Å². The van der Waals surface area contributed by atoms with E-state index in [4.69, 9.17) is 0 Å². The zero-order chi connectivity index (χ0) is 15.6. The van der Waals surface area contributed by atoms with Gasteiger partial charge in [-0.25, -0.2) is 9.37 Å². The summed E-state index contributed by atoms with van der Waals surface area (Å²) in [6.45, 7) is 0. The number of hydrogen-bond donors (Lipinski definition) is 1. The molecule has 0 aliphatic rings. The van der Waals surface area contributed by atoms with Gasteiger partial charge in [0.2, 0.25) is 0 Å². The molecule has 5 heteroatoms. The lowest BCUT2D eigenvalue weighted by atomic mass is 10.1. The number of nitrogens with one attached hydrogen (secondary N) is 1. The monoisotopic (exact) mass is 321 g/mol. The summed E-state index contributed by atoms with van der Waals surface area (Å²) in [6, 6.07) is 14.4. The van der Waals surface area contributed by atoms with Gasteiger partial charge >= 0.3 is 0 Å². The normalized spacial score (nSPS) is 11.5. The van der Waals surface area contributed by atoms with E-state index in [1.807, 2.05) is 30.4 Å². The van der Waals surface area contributed by atoms with Gasteiger partial charge in [0.15, 0.2) is 0 Å². The Labute approximate surface area is 136 Å². The molecule has 0 unspecified atom stereocenters. The largest absolute Gasteiger partial charge is 0.277 e. The van der Waals surface area contributed by atoms with E-state index in [2.05, 4.69) is 21.2 Å². The molecule has 0 aliphatic heterocycles. The number of aromatic nitrogens is 3. The minimum atomic E-state index is -0.250. The first-order chi connectivity index (χ1) is 11.3. The Bertz CT molecular complexity index is 950. The summed E-state index contributed by atoms with van der Waals surface area (Å²) in [5.41, 5.74) is 3.70. The lowest BCUT2D eigenvalue weighted by Crippen LogP contribution is -1.82. The van der Waals surface area contributed by atoms with E-state index in [0.717, 1.165) is 32.0 Å². The Morgan fingerprint density at radius 1 is 1.00 bits per heavy atom. The maximum Gasteiger partial charge on any atom is 0.123 e. The summed E-state index contributed by atoms with van der Waals surface area (Å²) in [6.07, 6.45) is 5.70. The molecule has 0 saturated carbocycles. The van der Waals surface area contributed by atoms with Gasteiger partial charge in [0, 0.05) is 11.1 Å². The van der Waals surface area contributed by atoms with Crippen LogP contribution in [0.25, 0.3) is 33.6 Å². The van der Waals surface area contributed by atoms with Crippen molar-refractivity contribution in [2.24, 2.45) is 0 Å². The van der Waals surface area contributed by atoms with E-state index in [1.54, 1.807) is 29.7 Å². The van der Waals surface area contributed by atoms with Gasteiger partial charge in [0.05, 0.1) is 22.1 Å². The molecule has 0 saturated heterocycles. The second-order valence-corrected chi connectivity index (χ2v) is 6.12. The minimum absolute atomic E-state index is 0.250. The molecule has 2 aromatic carbocycles. The first-order valence-corrected chi connectivity index (χ1v) is 7.94. The van der Waals surface area contributed by atoms with Crippen molar-refractivity contribution in [1.82, 2.24) is 15.2 Å². The number of aromatic amines is 1. The molecular weight excluding hydrogens is 309 g/mol. The molecule has 2 aromatic heterocycles. The van der Waals surface area contributed by atoms with Crippen molar-refractivity contribution in [1.29, 1.82) is 0 Å². The summed E-state index contributed by atoms with van der Waals surface area (Å²) in [7, 11) is 0. The van der Waals surface area contributed by atoms with E-state index in [0.29, 0.717) is 0 Å². The second-order valence-electron chi connectivity index (χ2n) is 5.06. The standard InChI is InChI=1S/C18H12FN3S/c19-14-8-5-12(6-9-14)18-13(11-20-22-18)7-10-17-21-15-3-1-2-4-16(15)23-17/h1-11H,(H,20,22). The number of thiazole rings is 1. The molecule has 0 spiro atoms. The van der Waals surface area contributed by atoms with Crippen LogP contribution in [-0.4, -0.2) is 15.2 Å². The number of para-hydroxylation sites is 1. The Morgan fingerprint density at radius 3 is 2.65 bits per heavy atom. The second kappa shape index (κ2) is 5.78. The van der Waals surface area contributed by atoms with Crippen molar-refractivity contribution in [3.8, 4) is 11.3 Å². The molecule has 4 aromatic rings. The fourth-order valence-corrected chi connectivity index (χ4v) is 3.26. The smallest absolute Gasteiger partial charge is 0.123 e. The molecule has 2 heterocycles. The third kappa shape index (κ3) is 2.78. The van der Waals surface area contributed by atoms with Crippen LogP contribution in [0.1, 0.15) is 10.6 Å². The van der Waals surface area contributed by atoms with Crippen LogP contribution in [0.4, 0.5) is 4.39 Å². The molecule has 0 fully saturated rings. The number of benzene rings is 2. The first kappa shape index (κ1) is 13.8. The predicted octanol–water partition coefficient (Wildman–Crippen LogP) is 5.00. The average molecular weight is 321 g/mol. The number of fused-ring (bicyclic) bond motifs is 1. The highest BCUT2D eigenvalue weighted by Gasteiger charge is 2.06. The van der Waals surface area contributed by atoms with E-state index < -0.39 is 0 Å². The molecule has 0 aliphatic carbocycles. The molecule has 4 rings (SSSR count). The molecular formula is C18H12FN3S. The summed E-state index contributed by atoms with van der Waals surface area (Å²) >= 11 is 1.64. The summed E-state index contributed by atoms with van der Waals surface area (Å²) in [5, 5.41) is 7.99. The van der Waals surface area contributed by atoms with E-state index in [9.17, 15) is 4.39 Å². The van der Waals surface area contributed by atoms with Crippen LogP contribution in [0.15, 0.2) is 54.7 Å². The highest BCUT2D eigenvalue weighted by molar-refractivity contribution is 7.19. The summed E-state index contributed by atoms with van der Waals surface area (Å²) in [4.78, 5) is 4.58. The Kier molecular flexibility index (Phi) is 3.48. The van der Waals surface area contributed by atoms with Crippen LogP contribution in [0.2, 0.25) is 0 Å². The van der Waals surface area contributed by atoms with Gasteiger partial charge in [-0.15, -0.1) is 11.3 Å². The minimum Gasteiger partial charge on any atom is -0.277 e. The van der Waals surface area contributed by atoms with Gasteiger partial charge in [-0.2, -0.15) is 5.10 Å². The zero-order valence-electron chi connectivity index (χ0n) is 12.0. The quantitative estimate of drug-likeness (QED) is 0.577. The fourth-order valence-electron chi connectivity index (χ4n) is 2.39. The van der Waals surface area contributed by atoms with E-state index in [1.165, 1.54) is 12.1 Å². The Balaban J connectivity index is 1.66. The number of rotatable bonds is 3. The molecule has 23 heavy (non-hydrogen) atoms. The van der Waals surface area contributed by atoms with Gasteiger partial charge in [-0.3, -0.25) is 5.10 Å². The highest BCUT2D eigenvalue weighted by Crippen LogP contribution is 2.26. The number of halogens is 1. The van der Waals surface area contributed by atoms with Gasteiger partial charge in [-0.05, 0) is 48.6 Å². The van der Waals surface area contributed by atoms with Crippen LogP contribution in [0.3, 0.4) is 0 Å². The number of hydrogen-bond acceptors (Lipinski definition) is 3. The molecule has 0 radical (unpaired) electrons. The van der Waals surface area contributed by atoms with Gasteiger partial charge in [0.1, 0.15) is 10.8 Å². The van der Waals surface area contributed by atoms with Gasteiger partial charge in [-0.1, -0.05) is 12.1 Å². The van der Waals surface area contributed by atoms with Crippen molar-refractivity contribution in [2.75, 3.05) is 0 Å². The lowest BCUT2D eigenvalue weighted by molar-refractivity contribution is 0.628. The topological polar surface area (TPSA) is 41.6 Å². The maximum atomic E-state index is 13.1.